The van der Waals surface area contributed by atoms with Crippen LogP contribution in [0.15, 0.2) is 12.1 Å². The lowest BCUT2D eigenvalue weighted by atomic mass is 9.75. The Kier molecular flexibility index (Phi) is 2.63. The minimum absolute atomic E-state index is 0.296. The largest absolute Gasteiger partial charge is 0.0587 e. The first-order chi connectivity index (χ1) is 8.39. The molecule has 3 rings (SSSR count). The van der Waals surface area contributed by atoms with Crippen LogP contribution >= 0.6 is 0 Å². The lowest BCUT2D eigenvalue weighted by molar-refractivity contribution is 0.568. The van der Waals surface area contributed by atoms with Crippen molar-refractivity contribution in [3.63, 3.8) is 0 Å². The van der Waals surface area contributed by atoms with Crippen molar-refractivity contribution in [3.05, 3.63) is 34.4 Å². The minimum Gasteiger partial charge on any atom is -0.0587 e. The van der Waals surface area contributed by atoms with E-state index in [2.05, 4.69) is 46.8 Å². The lowest BCUT2D eigenvalue weighted by Crippen LogP contribution is -2.17. The third-order valence-electron chi connectivity index (χ3n) is 5.00. The van der Waals surface area contributed by atoms with Gasteiger partial charge in [0.25, 0.3) is 0 Å². The molecule has 0 amide bonds. The molecule has 0 aromatic heterocycles. The van der Waals surface area contributed by atoms with E-state index >= 15 is 0 Å². The Morgan fingerprint density at radius 3 is 2.17 bits per heavy atom. The summed E-state index contributed by atoms with van der Waals surface area (Å²) in [6.45, 7) is 11.8. The molecule has 2 atom stereocenters. The Morgan fingerprint density at radius 2 is 1.61 bits per heavy atom. The molecule has 1 aromatic carbocycles. The molecule has 0 spiro atoms. The molecule has 98 valence electrons. The molecular weight excluding hydrogens is 216 g/mol. The van der Waals surface area contributed by atoms with Crippen molar-refractivity contribution in [1.82, 2.24) is 0 Å². The van der Waals surface area contributed by atoms with Gasteiger partial charge >= 0.3 is 0 Å². The SMILES string of the molecule is CC(C)c1ccc(C(C)(C)C)c2c1C1CCC2C1. The van der Waals surface area contributed by atoms with E-state index in [1.54, 1.807) is 22.3 Å². The van der Waals surface area contributed by atoms with Gasteiger partial charge < -0.3 is 0 Å². The Bertz CT molecular complexity index is 474. The third-order valence-corrected chi connectivity index (χ3v) is 5.00. The van der Waals surface area contributed by atoms with Gasteiger partial charge in [0.15, 0.2) is 0 Å². The zero-order chi connectivity index (χ0) is 13.1. The zero-order valence-corrected chi connectivity index (χ0v) is 12.5. The van der Waals surface area contributed by atoms with Gasteiger partial charge in [-0.05, 0) is 64.7 Å². The number of fused-ring (bicyclic) bond motifs is 5. The first-order valence-corrected chi connectivity index (χ1v) is 7.56. The molecule has 2 aliphatic carbocycles. The first-order valence-electron chi connectivity index (χ1n) is 7.56. The van der Waals surface area contributed by atoms with E-state index in [0.717, 1.165) is 11.8 Å². The summed E-state index contributed by atoms with van der Waals surface area (Å²) in [5.74, 6) is 2.43. The van der Waals surface area contributed by atoms with E-state index in [9.17, 15) is 0 Å². The maximum atomic E-state index is 2.43. The first kappa shape index (κ1) is 12.3. The van der Waals surface area contributed by atoms with Gasteiger partial charge in [0.2, 0.25) is 0 Å². The quantitative estimate of drug-likeness (QED) is 0.612. The van der Waals surface area contributed by atoms with Gasteiger partial charge in [0.1, 0.15) is 0 Å². The molecule has 0 heteroatoms. The normalized spacial score (nSPS) is 25.9. The van der Waals surface area contributed by atoms with Crippen LogP contribution in [0.4, 0.5) is 0 Å². The van der Waals surface area contributed by atoms with Crippen molar-refractivity contribution in [2.75, 3.05) is 0 Å². The molecule has 0 N–H and O–H groups in total. The van der Waals surface area contributed by atoms with Gasteiger partial charge in [-0.3, -0.25) is 0 Å². The standard InChI is InChI=1S/C18H26/c1-11(2)14-8-9-15(18(3,4)5)17-13-7-6-12(10-13)16(14)17/h8-9,11-13H,6-7,10H2,1-5H3. The average molecular weight is 242 g/mol. The van der Waals surface area contributed by atoms with E-state index in [-0.39, 0.29) is 0 Å². The summed E-state index contributed by atoms with van der Waals surface area (Å²) < 4.78 is 0. The molecule has 1 fully saturated rings. The molecule has 2 aliphatic rings. The smallest absolute Gasteiger partial charge is 0.0129 e. The number of benzene rings is 1. The second-order valence-corrected chi connectivity index (χ2v) is 7.64. The van der Waals surface area contributed by atoms with Crippen molar-refractivity contribution in [2.24, 2.45) is 0 Å². The number of hydrogen-bond acceptors (Lipinski definition) is 0. The van der Waals surface area contributed by atoms with Gasteiger partial charge in [-0.25, -0.2) is 0 Å². The van der Waals surface area contributed by atoms with E-state index in [1.165, 1.54) is 19.3 Å². The van der Waals surface area contributed by atoms with E-state index < -0.39 is 0 Å². The second-order valence-electron chi connectivity index (χ2n) is 7.64. The fourth-order valence-electron chi connectivity index (χ4n) is 4.21. The zero-order valence-electron chi connectivity index (χ0n) is 12.5. The summed E-state index contributed by atoms with van der Waals surface area (Å²) in [5.41, 5.74) is 7.06. The van der Waals surface area contributed by atoms with Crippen molar-refractivity contribution < 1.29 is 0 Å². The average Bonchev–Trinajstić information content (AvgIpc) is 2.87. The van der Waals surface area contributed by atoms with Gasteiger partial charge in [-0.1, -0.05) is 46.8 Å². The minimum atomic E-state index is 0.296. The Labute approximate surface area is 112 Å². The molecule has 0 radical (unpaired) electrons. The fourth-order valence-corrected chi connectivity index (χ4v) is 4.21. The molecule has 0 aliphatic heterocycles. The Morgan fingerprint density at radius 1 is 1.00 bits per heavy atom. The molecule has 0 saturated heterocycles. The molecule has 1 aromatic rings. The van der Waals surface area contributed by atoms with Crippen LogP contribution in [0, 0.1) is 0 Å². The predicted octanol–water partition coefficient (Wildman–Crippen LogP) is 5.47. The van der Waals surface area contributed by atoms with Crippen LogP contribution in [0.1, 0.15) is 93.9 Å². The Hall–Kier alpha value is -0.780. The molecule has 18 heavy (non-hydrogen) atoms. The maximum absolute atomic E-state index is 2.43. The summed E-state index contributed by atoms with van der Waals surface area (Å²) >= 11 is 0. The highest BCUT2D eigenvalue weighted by atomic mass is 14.5. The van der Waals surface area contributed by atoms with Crippen molar-refractivity contribution in [1.29, 1.82) is 0 Å². The van der Waals surface area contributed by atoms with Gasteiger partial charge in [0.05, 0.1) is 0 Å². The molecule has 2 unspecified atom stereocenters. The van der Waals surface area contributed by atoms with Crippen LogP contribution in [0.5, 0.6) is 0 Å². The summed E-state index contributed by atoms with van der Waals surface area (Å²) in [6.07, 6.45) is 4.30. The molecule has 2 bridgehead atoms. The van der Waals surface area contributed by atoms with Crippen LogP contribution in [0.3, 0.4) is 0 Å². The van der Waals surface area contributed by atoms with E-state index in [0.29, 0.717) is 11.3 Å². The van der Waals surface area contributed by atoms with Crippen LogP contribution in [0.25, 0.3) is 0 Å². The molecule has 0 nitrogen and oxygen atoms in total. The predicted molar refractivity (Wildman–Crippen MR) is 78.6 cm³/mol. The van der Waals surface area contributed by atoms with Crippen LogP contribution in [0.2, 0.25) is 0 Å². The molecule has 0 heterocycles. The summed E-state index contributed by atoms with van der Waals surface area (Å²) in [5, 5.41) is 0. The molecule has 1 saturated carbocycles. The van der Waals surface area contributed by atoms with E-state index in [1.807, 2.05) is 0 Å². The van der Waals surface area contributed by atoms with Gasteiger partial charge in [-0.15, -0.1) is 0 Å². The summed E-state index contributed by atoms with van der Waals surface area (Å²) in [6, 6.07) is 4.85. The van der Waals surface area contributed by atoms with Crippen LogP contribution in [-0.2, 0) is 5.41 Å². The highest BCUT2D eigenvalue weighted by molar-refractivity contribution is 5.53. The highest BCUT2D eigenvalue weighted by Gasteiger charge is 2.41. The summed E-state index contributed by atoms with van der Waals surface area (Å²) in [7, 11) is 0. The number of rotatable bonds is 1. The van der Waals surface area contributed by atoms with Gasteiger partial charge in [-0.2, -0.15) is 0 Å². The highest BCUT2D eigenvalue weighted by Crippen LogP contribution is 2.57. The summed E-state index contributed by atoms with van der Waals surface area (Å²) in [4.78, 5) is 0. The molecular formula is C18H26. The van der Waals surface area contributed by atoms with Crippen molar-refractivity contribution in [2.45, 2.75) is 77.0 Å². The lowest BCUT2D eigenvalue weighted by Gasteiger charge is -2.30. The van der Waals surface area contributed by atoms with Crippen LogP contribution < -0.4 is 0 Å². The Balaban J connectivity index is 2.24. The second kappa shape index (κ2) is 3.85. The van der Waals surface area contributed by atoms with Crippen molar-refractivity contribution >= 4 is 0 Å². The van der Waals surface area contributed by atoms with Crippen LogP contribution in [-0.4, -0.2) is 0 Å². The fraction of sp³-hybridized carbons (Fsp3) is 0.667. The third kappa shape index (κ3) is 1.65. The maximum Gasteiger partial charge on any atom is -0.0129 e. The van der Waals surface area contributed by atoms with Crippen molar-refractivity contribution in [3.8, 4) is 0 Å². The number of hydrogen-bond donors (Lipinski definition) is 0. The van der Waals surface area contributed by atoms with E-state index in [4.69, 9.17) is 0 Å². The van der Waals surface area contributed by atoms with Gasteiger partial charge in [0, 0.05) is 0 Å². The monoisotopic (exact) mass is 242 g/mol. The topological polar surface area (TPSA) is 0 Å².